The van der Waals surface area contributed by atoms with E-state index in [9.17, 15) is 0 Å². The summed E-state index contributed by atoms with van der Waals surface area (Å²) in [6.07, 6.45) is 9.18. The molecule has 84 valence electrons. The van der Waals surface area contributed by atoms with Crippen molar-refractivity contribution in [2.24, 2.45) is 5.92 Å². The summed E-state index contributed by atoms with van der Waals surface area (Å²) < 4.78 is 1.88. The maximum Gasteiger partial charge on any atom is 0.0785 e. The highest BCUT2D eigenvalue weighted by atomic mass is 35.5. The molecule has 1 heterocycles. The number of nitrogens with zero attached hydrogens (tertiary/aromatic N) is 2. The van der Waals surface area contributed by atoms with Gasteiger partial charge >= 0.3 is 0 Å². The largest absolute Gasteiger partial charge is 0.315 e. The SMILES string of the molecule is Clc1cnn(CCNCC2CCCC2)c1. The minimum Gasteiger partial charge on any atom is -0.315 e. The maximum absolute atomic E-state index is 5.77. The van der Waals surface area contributed by atoms with Crippen LogP contribution in [0, 0.1) is 5.92 Å². The van der Waals surface area contributed by atoms with Crippen LogP contribution in [-0.2, 0) is 6.54 Å². The lowest BCUT2D eigenvalue weighted by molar-refractivity contribution is 0.467. The first kappa shape index (κ1) is 11.0. The van der Waals surface area contributed by atoms with E-state index in [2.05, 4.69) is 10.4 Å². The van der Waals surface area contributed by atoms with Gasteiger partial charge in [0.15, 0.2) is 0 Å². The van der Waals surface area contributed by atoms with Crippen molar-refractivity contribution >= 4 is 11.6 Å². The molecule has 0 amide bonds. The Morgan fingerprint density at radius 1 is 1.47 bits per heavy atom. The predicted molar refractivity (Wildman–Crippen MR) is 62.1 cm³/mol. The van der Waals surface area contributed by atoms with Crippen LogP contribution in [0.2, 0.25) is 5.02 Å². The molecule has 0 spiro atoms. The van der Waals surface area contributed by atoms with E-state index in [1.54, 1.807) is 6.20 Å². The maximum atomic E-state index is 5.77. The Balaban J connectivity index is 1.58. The molecular formula is C11H18ClN3. The molecule has 4 heteroatoms. The summed E-state index contributed by atoms with van der Waals surface area (Å²) in [5, 5.41) is 8.32. The van der Waals surface area contributed by atoms with Gasteiger partial charge in [-0.1, -0.05) is 24.4 Å². The van der Waals surface area contributed by atoms with Crippen LogP contribution >= 0.6 is 11.6 Å². The molecule has 0 aliphatic heterocycles. The van der Waals surface area contributed by atoms with Gasteiger partial charge in [0, 0.05) is 12.7 Å². The van der Waals surface area contributed by atoms with Crippen molar-refractivity contribution in [2.45, 2.75) is 32.2 Å². The van der Waals surface area contributed by atoms with Crippen LogP contribution in [0.3, 0.4) is 0 Å². The van der Waals surface area contributed by atoms with Gasteiger partial charge in [0.2, 0.25) is 0 Å². The van der Waals surface area contributed by atoms with Gasteiger partial charge in [-0.15, -0.1) is 0 Å². The number of nitrogens with one attached hydrogen (secondary N) is 1. The van der Waals surface area contributed by atoms with Crippen molar-refractivity contribution in [2.75, 3.05) is 13.1 Å². The minimum absolute atomic E-state index is 0.714. The normalized spacial score (nSPS) is 17.4. The Bertz CT molecular complexity index is 292. The fraction of sp³-hybridized carbons (Fsp3) is 0.727. The van der Waals surface area contributed by atoms with Crippen LogP contribution in [-0.4, -0.2) is 22.9 Å². The summed E-state index contributed by atoms with van der Waals surface area (Å²) >= 11 is 5.77. The van der Waals surface area contributed by atoms with E-state index in [0.717, 1.165) is 25.6 Å². The first-order valence-corrected chi connectivity index (χ1v) is 6.11. The van der Waals surface area contributed by atoms with E-state index in [-0.39, 0.29) is 0 Å². The fourth-order valence-corrected chi connectivity index (χ4v) is 2.33. The van der Waals surface area contributed by atoms with E-state index in [1.807, 2.05) is 10.9 Å². The highest BCUT2D eigenvalue weighted by molar-refractivity contribution is 6.30. The van der Waals surface area contributed by atoms with Crippen molar-refractivity contribution in [3.63, 3.8) is 0 Å². The lowest BCUT2D eigenvalue weighted by Crippen LogP contribution is -2.25. The van der Waals surface area contributed by atoms with Gasteiger partial charge < -0.3 is 5.32 Å². The molecule has 2 rings (SSSR count). The fourth-order valence-electron chi connectivity index (χ4n) is 2.17. The molecule has 1 fully saturated rings. The summed E-state index contributed by atoms with van der Waals surface area (Å²) in [6.45, 7) is 3.04. The van der Waals surface area contributed by atoms with Crippen molar-refractivity contribution < 1.29 is 0 Å². The molecule has 1 aromatic heterocycles. The molecular weight excluding hydrogens is 210 g/mol. The Labute approximate surface area is 95.8 Å². The molecule has 1 N–H and O–H groups in total. The van der Waals surface area contributed by atoms with Gasteiger partial charge in [-0.3, -0.25) is 4.68 Å². The third-order valence-corrected chi connectivity index (χ3v) is 3.22. The van der Waals surface area contributed by atoms with Crippen LogP contribution in [0.4, 0.5) is 0 Å². The smallest absolute Gasteiger partial charge is 0.0785 e. The molecule has 1 aromatic rings. The summed E-state index contributed by atoms with van der Waals surface area (Å²) in [4.78, 5) is 0. The van der Waals surface area contributed by atoms with E-state index < -0.39 is 0 Å². The van der Waals surface area contributed by atoms with Gasteiger partial charge in [-0.05, 0) is 25.3 Å². The van der Waals surface area contributed by atoms with E-state index in [0.29, 0.717) is 5.02 Å². The lowest BCUT2D eigenvalue weighted by atomic mass is 10.1. The average Bonchev–Trinajstić information content (AvgIpc) is 2.84. The van der Waals surface area contributed by atoms with Crippen LogP contribution in [0.25, 0.3) is 0 Å². The van der Waals surface area contributed by atoms with Gasteiger partial charge in [0.25, 0.3) is 0 Å². The quantitative estimate of drug-likeness (QED) is 0.783. The topological polar surface area (TPSA) is 29.9 Å². The third-order valence-electron chi connectivity index (χ3n) is 3.03. The van der Waals surface area contributed by atoms with Crippen molar-refractivity contribution in [3.05, 3.63) is 17.4 Å². The van der Waals surface area contributed by atoms with Gasteiger partial charge in [0.05, 0.1) is 17.8 Å². The first-order valence-electron chi connectivity index (χ1n) is 5.73. The number of hydrogen-bond donors (Lipinski definition) is 1. The summed E-state index contributed by atoms with van der Waals surface area (Å²) in [7, 11) is 0. The zero-order valence-corrected chi connectivity index (χ0v) is 9.71. The summed E-state index contributed by atoms with van der Waals surface area (Å²) in [6, 6.07) is 0. The Morgan fingerprint density at radius 3 is 2.93 bits per heavy atom. The van der Waals surface area contributed by atoms with Crippen molar-refractivity contribution in [3.8, 4) is 0 Å². The third kappa shape index (κ3) is 3.50. The average molecular weight is 228 g/mol. The monoisotopic (exact) mass is 227 g/mol. The number of halogens is 1. The number of hydrogen-bond acceptors (Lipinski definition) is 2. The standard InChI is InChI=1S/C11H18ClN3/c12-11-8-14-15(9-11)6-5-13-7-10-3-1-2-4-10/h8-10,13H,1-7H2. The second-order valence-corrected chi connectivity index (χ2v) is 4.71. The second kappa shape index (κ2) is 5.52. The lowest BCUT2D eigenvalue weighted by Gasteiger charge is -2.10. The zero-order chi connectivity index (χ0) is 10.5. The highest BCUT2D eigenvalue weighted by Gasteiger charge is 2.13. The van der Waals surface area contributed by atoms with Gasteiger partial charge in [0.1, 0.15) is 0 Å². The molecule has 0 saturated heterocycles. The zero-order valence-electron chi connectivity index (χ0n) is 8.95. The Hall–Kier alpha value is -0.540. The second-order valence-electron chi connectivity index (χ2n) is 4.28. The molecule has 1 aliphatic rings. The van der Waals surface area contributed by atoms with Crippen LogP contribution in [0.15, 0.2) is 12.4 Å². The molecule has 1 aliphatic carbocycles. The molecule has 0 unspecified atom stereocenters. The van der Waals surface area contributed by atoms with Gasteiger partial charge in [-0.2, -0.15) is 5.10 Å². The van der Waals surface area contributed by atoms with Crippen molar-refractivity contribution in [1.29, 1.82) is 0 Å². The molecule has 15 heavy (non-hydrogen) atoms. The number of aromatic nitrogens is 2. The minimum atomic E-state index is 0.714. The molecule has 0 atom stereocenters. The summed E-state index contributed by atoms with van der Waals surface area (Å²) in [5.74, 6) is 0.909. The van der Waals surface area contributed by atoms with Crippen molar-refractivity contribution in [1.82, 2.24) is 15.1 Å². The molecule has 0 aromatic carbocycles. The molecule has 0 radical (unpaired) electrons. The Kier molecular flexibility index (Phi) is 4.03. The molecule has 1 saturated carbocycles. The van der Waals surface area contributed by atoms with E-state index >= 15 is 0 Å². The van der Waals surface area contributed by atoms with Gasteiger partial charge in [-0.25, -0.2) is 0 Å². The number of rotatable bonds is 5. The Morgan fingerprint density at radius 2 is 2.27 bits per heavy atom. The molecule has 0 bridgehead atoms. The predicted octanol–water partition coefficient (Wildman–Crippen LogP) is 2.32. The van der Waals surface area contributed by atoms with E-state index in [4.69, 9.17) is 11.6 Å². The van der Waals surface area contributed by atoms with Crippen LogP contribution in [0.1, 0.15) is 25.7 Å². The first-order chi connectivity index (χ1) is 7.34. The van der Waals surface area contributed by atoms with E-state index in [1.165, 1.54) is 25.7 Å². The summed E-state index contributed by atoms with van der Waals surface area (Å²) in [5.41, 5.74) is 0. The molecule has 3 nitrogen and oxygen atoms in total. The highest BCUT2D eigenvalue weighted by Crippen LogP contribution is 2.23. The van der Waals surface area contributed by atoms with Crippen LogP contribution in [0.5, 0.6) is 0 Å². The van der Waals surface area contributed by atoms with Crippen LogP contribution < -0.4 is 5.32 Å².